The van der Waals surface area contributed by atoms with Crippen molar-refractivity contribution in [3.63, 3.8) is 0 Å². The van der Waals surface area contributed by atoms with Crippen LogP contribution < -0.4 is 5.32 Å². The predicted molar refractivity (Wildman–Crippen MR) is 95.8 cm³/mol. The van der Waals surface area contributed by atoms with Crippen LogP contribution in [0.1, 0.15) is 17.9 Å². The quantitative estimate of drug-likeness (QED) is 0.601. The van der Waals surface area contributed by atoms with Crippen LogP contribution in [0, 0.1) is 0 Å². The first-order chi connectivity index (χ1) is 12.8. The summed E-state index contributed by atoms with van der Waals surface area (Å²) in [5.74, 6) is 0.223. The fourth-order valence-corrected chi connectivity index (χ4v) is 2.55. The van der Waals surface area contributed by atoms with Crippen molar-refractivity contribution in [2.45, 2.75) is 19.0 Å². The van der Waals surface area contributed by atoms with Gasteiger partial charge in [0, 0.05) is 28.6 Å². The van der Waals surface area contributed by atoms with E-state index in [9.17, 15) is 18.0 Å². The second kappa shape index (κ2) is 7.91. The molecule has 3 rings (SSSR count). The summed E-state index contributed by atoms with van der Waals surface area (Å²) in [5, 5.41) is 6.29. The largest absolute Gasteiger partial charge is 0.416 e. The zero-order valence-corrected chi connectivity index (χ0v) is 15.3. The number of hydrogen-bond donors (Lipinski definition) is 1. The van der Waals surface area contributed by atoms with Gasteiger partial charge in [0.1, 0.15) is 0 Å². The van der Waals surface area contributed by atoms with E-state index in [0.717, 1.165) is 22.2 Å². The molecule has 0 bridgehead atoms. The zero-order chi connectivity index (χ0) is 19.4. The van der Waals surface area contributed by atoms with E-state index >= 15 is 0 Å². The number of hydrogen-bond acceptors (Lipinski definition) is 4. The van der Waals surface area contributed by atoms with Crippen molar-refractivity contribution in [3.8, 4) is 11.4 Å². The van der Waals surface area contributed by atoms with Crippen molar-refractivity contribution in [2.75, 3.05) is 5.32 Å². The number of amides is 1. The molecule has 0 saturated carbocycles. The maximum absolute atomic E-state index is 12.7. The van der Waals surface area contributed by atoms with Gasteiger partial charge in [-0.3, -0.25) is 4.79 Å². The van der Waals surface area contributed by atoms with Crippen LogP contribution >= 0.6 is 15.9 Å². The number of halogens is 4. The van der Waals surface area contributed by atoms with Crippen LogP contribution in [0.3, 0.4) is 0 Å². The van der Waals surface area contributed by atoms with E-state index in [1.807, 2.05) is 24.3 Å². The minimum atomic E-state index is -4.46. The maximum atomic E-state index is 12.7. The Balaban J connectivity index is 1.58. The summed E-state index contributed by atoms with van der Waals surface area (Å²) in [6, 6.07) is 11.8. The van der Waals surface area contributed by atoms with Crippen LogP contribution in [0.4, 0.5) is 18.9 Å². The highest BCUT2D eigenvalue weighted by Gasteiger charge is 2.30. The van der Waals surface area contributed by atoms with Gasteiger partial charge in [-0.1, -0.05) is 27.2 Å². The molecular formula is C18H13BrF3N3O2. The molecule has 0 radical (unpaired) electrons. The molecule has 0 spiro atoms. The van der Waals surface area contributed by atoms with Crippen LogP contribution in [0.5, 0.6) is 0 Å². The molecule has 140 valence electrons. The van der Waals surface area contributed by atoms with Gasteiger partial charge < -0.3 is 9.84 Å². The lowest BCUT2D eigenvalue weighted by molar-refractivity contribution is -0.137. The number of anilines is 1. The average Bonchev–Trinajstić information content (AvgIpc) is 3.09. The zero-order valence-electron chi connectivity index (χ0n) is 13.8. The number of rotatable bonds is 5. The van der Waals surface area contributed by atoms with Crippen molar-refractivity contribution < 1.29 is 22.5 Å². The van der Waals surface area contributed by atoms with Gasteiger partial charge >= 0.3 is 6.18 Å². The van der Waals surface area contributed by atoms with Gasteiger partial charge in [0.2, 0.25) is 17.6 Å². The molecule has 9 heteroatoms. The molecule has 0 aliphatic carbocycles. The van der Waals surface area contributed by atoms with Gasteiger partial charge in [-0.2, -0.15) is 18.2 Å². The molecule has 27 heavy (non-hydrogen) atoms. The molecule has 1 heterocycles. The Morgan fingerprint density at radius 1 is 1.15 bits per heavy atom. The summed E-state index contributed by atoms with van der Waals surface area (Å²) in [6.45, 7) is 0. The molecule has 0 aliphatic heterocycles. The van der Waals surface area contributed by atoms with Gasteiger partial charge in [0.15, 0.2) is 0 Å². The molecule has 1 amide bonds. The molecule has 0 unspecified atom stereocenters. The summed E-state index contributed by atoms with van der Waals surface area (Å²) in [5.41, 5.74) is 0.0221. The van der Waals surface area contributed by atoms with Crippen LogP contribution in [0.25, 0.3) is 11.4 Å². The third kappa shape index (κ3) is 5.16. The van der Waals surface area contributed by atoms with Crippen LogP contribution in [0.2, 0.25) is 0 Å². The fourth-order valence-electron chi connectivity index (χ4n) is 2.29. The molecule has 1 N–H and O–H groups in total. The number of carbonyl (C=O) groups is 1. The second-order valence-electron chi connectivity index (χ2n) is 5.65. The van der Waals surface area contributed by atoms with Gasteiger partial charge in [0.05, 0.1) is 5.56 Å². The number of nitrogens with one attached hydrogen (secondary N) is 1. The summed E-state index contributed by atoms with van der Waals surface area (Å²) < 4.78 is 44.1. The van der Waals surface area contributed by atoms with Crippen molar-refractivity contribution in [3.05, 3.63) is 64.5 Å². The number of nitrogens with zero attached hydrogens (tertiary/aromatic N) is 2. The molecule has 0 saturated heterocycles. The summed E-state index contributed by atoms with van der Waals surface area (Å²) >= 11 is 3.34. The van der Waals surface area contributed by atoms with E-state index in [1.54, 1.807) is 0 Å². The van der Waals surface area contributed by atoms with E-state index in [0.29, 0.717) is 5.82 Å². The first-order valence-electron chi connectivity index (χ1n) is 7.87. The highest BCUT2D eigenvalue weighted by Crippen LogP contribution is 2.30. The van der Waals surface area contributed by atoms with Crippen molar-refractivity contribution in [2.24, 2.45) is 0 Å². The minimum Gasteiger partial charge on any atom is -0.339 e. The normalized spacial score (nSPS) is 11.4. The average molecular weight is 440 g/mol. The highest BCUT2D eigenvalue weighted by molar-refractivity contribution is 9.10. The Morgan fingerprint density at radius 2 is 1.89 bits per heavy atom. The molecule has 2 aromatic carbocycles. The Hall–Kier alpha value is -2.68. The van der Waals surface area contributed by atoms with Gasteiger partial charge in [-0.25, -0.2) is 0 Å². The number of carbonyl (C=O) groups excluding carboxylic acids is 1. The Bertz CT molecular complexity index is 940. The molecule has 0 atom stereocenters. The summed E-state index contributed by atoms with van der Waals surface area (Å²) in [6.07, 6.45) is -4.29. The number of alkyl halides is 3. The van der Waals surface area contributed by atoms with Crippen LogP contribution in [0.15, 0.2) is 57.5 Å². The molecule has 1 aromatic heterocycles. The Morgan fingerprint density at radius 3 is 2.59 bits per heavy atom. The maximum Gasteiger partial charge on any atom is 0.416 e. The third-order valence-electron chi connectivity index (χ3n) is 3.61. The van der Waals surface area contributed by atoms with Crippen molar-refractivity contribution in [1.82, 2.24) is 10.1 Å². The van der Waals surface area contributed by atoms with E-state index in [2.05, 4.69) is 31.4 Å². The standard InChI is InChI=1S/C18H13BrF3N3O2/c19-13-6-4-11(5-7-13)17-24-16(27-25-17)9-8-15(26)23-14-3-1-2-12(10-14)18(20,21)22/h1-7,10H,8-9H2,(H,23,26). The van der Waals surface area contributed by atoms with Gasteiger partial charge in [0.25, 0.3) is 0 Å². The second-order valence-corrected chi connectivity index (χ2v) is 6.56. The minimum absolute atomic E-state index is 0.00177. The fraction of sp³-hybridized carbons (Fsp3) is 0.167. The SMILES string of the molecule is O=C(CCc1nc(-c2ccc(Br)cc2)no1)Nc1cccc(C(F)(F)F)c1. The molecule has 5 nitrogen and oxygen atoms in total. The monoisotopic (exact) mass is 439 g/mol. The van der Waals surface area contributed by atoms with E-state index in [1.165, 1.54) is 12.1 Å². The van der Waals surface area contributed by atoms with Gasteiger partial charge in [-0.15, -0.1) is 0 Å². The lowest BCUT2D eigenvalue weighted by atomic mass is 10.2. The number of benzene rings is 2. The first kappa shape index (κ1) is 19.1. The molecule has 0 aliphatic rings. The lowest BCUT2D eigenvalue weighted by Crippen LogP contribution is -2.13. The van der Waals surface area contributed by atoms with E-state index < -0.39 is 17.6 Å². The van der Waals surface area contributed by atoms with Crippen molar-refractivity contribution >= 4 is 27.5 Å². The summed E-state index contributed by atoms with van der Waals surface area (Å²) in [4.78, 5) is 16.2. The molecule has 0 fully saturated rings. The Labute approximate surface area is 160 Å². The van der Waals surface area contributed by atoms with E-state index in [-0.39, 0.29) is 24.4 Å². The van der Waals surface area contributed by atoms with Gasteiger partial charge in [-0.05, 0) is 42.5 Å². The lowest BCUT2D eigenvalue weighted by Gasteiger charge is -2.09. The van der Waals surface area contributed by atoms with E-state index in [4.69, 9.17) is 4.52 Å². The summed E-state index contributed by atoms with van der Waals surface area (Å²) in [7, 11) is 0. The van der Waals surface area contributed by atoms with Crippen LogP contribution in [-0.2, 0) is 17.4 Å². The number of aromatic nitrogens is 2. The Kier molecular flexibility index (Phi) is 5.59. The van der Waals surface area contributed by atoms with Crippen LogP contribution in [-0.4, -0.2) is 16.0 Å². The molecule has 3 aromatic rings. The first-order valence-corrected chi connectivity index (χ1v) is 8.66. The number of aryl methyl sites for hydroxylation is 1. The smallest absolute Gasteiger partial charge is 0.339 e. The highest BCUT2D eigenvalue weighted by atomic mass is 79.9. The molecular weight excluding hydrogens is 427 g/mol. The van der Waals surface area contributed by atoms with Crippen molar-refractivity contribution in [1.29, 1.82) is 0 Å². The topological polar surface area (TPSA) is 68.0 Å². The predicted octanol–water partition coefficient (Wildman–Crippen LogP) is 5.09. The third-order valence-corrected chi connectivity index (χ3v) is 4.14.